The Morgan fingerprint density at radius 2 is 1.93 bits per heavy atom. The molecule has 0 amide bonds. The van der Waals surface area contributed by atoms with Crippen molar-refractivity contribution in [2.45, 2.75) is 31.9 Å². The summed E-state index contributed by atoms with van der Waals surface area (Å²) in [5.74, 6) is 2.56. The maximum Gasteiger partial charge on any atom is 0.153 e. The standard InChI is InChI=1S/C23H22N2O3/c1-2-7-17(8-3-1)22-23(25(16-24-22)15-18-9-6-14-26-18)21-12-11-20(28-21)19-10-4-5-13-27-19/h1-3,6-9,11-12,14,16,19H,4-5,10,13,15H2. The number of benzene rings is 1. The molecule has 1 fully saturated rings. The summed E-state index contributed by atoms with van der Waals surface area (Å²) in [4.78, 5) is 4.70. The van der Waals surface area contributed by atoms with Gasteiger partial charge in [0, 0.05) is 12.2 Å². The van der Waals surface area contributed by atoms with E-state index in [1.807, 2.05) is 48.8 Å². The van der Waals surface area contributed by atoms with Crippen molar-refractivity contribution in [3.63, 3.8) is 0 Å². The van der Waals surface area contributed by atoms with Gasteiger partial charge >= 0.3 is 0 Å². The summed E-state index contributed by atoms with van der Waals surface area (Å²) in [6.45, 7) is 1.39. The first kappa shape index (κ1) is 17.1. The molecule has 1 aromatic carbocycles. The number of ether oxygens (including phenoxy) is 1. The van der Waals surface area contributed by atoms with Crippen LogP contribution in [-0.2, 0) is 11.3 Å². The molecule has 0 bridgehead atoms. The molecule has 0 radical (unpaired) electrons. The van der Waals surface area contributed by atoms with Crippen LogP contribution in [0.2, 0.25) is 0 Å². The van der Waals surface area contributed by atoms with Gasteiger partial charge in [0.15, 0.2) is 5.76 Å². The lowest BCUT2D eigenvalue weighted by Gasteiger charge is -2.20. The molecule has 1 saturated heterocycles. The molecule has 5 nitrogen and oxygen atoms in total. The molecule has 28 heavy (non-hydrogen) atoms. The van der Waals surface area contributed by atoms with E-state index in [1.165, 1.54) is 6.42 Å². The van der Waals surface area contributed by atoms with Gasteiger partial charge in [-0.2, -0.15) is 0 Å². The van der Waals surface area contributed by atoms with Gasteiger partial charge in [0.25, 0.3) is 0 Å². The van der Waals surface area contributed by atoms with Gasteiger partial charge in [0.2, 0.25) is 0 Å². The number of aromatic nitrogens is 2. The van der Waals surface area contributed by atoms with Crippen LogP contribution in [0.4, 0.5) is 0 Å². The first-order chi connectivity index (χ1) is 13.9. The van der Waals surface area contributed by atoms with E-state index in [0.29, 0.717) is 6.54 Å². The molecule has 0 saturated carbocycles. The van der Waals surface area contributed by atoms with E-state index in [-0.39, 0.29) is 6.10 Å². The van der Waals surface area contributed by atoms with E-state index in [0.717, 1.165) is 53.7 Å². The van der Waals surface area contributed by atoms with Crippen molar-refractivity contribution in [2.75, 3.05) is 6.61 Å². The van der Waals surface area contributed by atoms with E-state index in [2.05, 4.69) is 16.7 Å². The molecule has 1 atom stereocenters. The monoisotopic (exact) mass is 374 g/mol. The second kappa shape index (κ2) is 7.52. The highest BCUT2D eigenvalue weighted by Crippen LogP contribution is 2.36. The van der Waals surface area contributed by atoms with Crippen LogP contribution in [0.3, 0.4) is 0 Å². The molecule has 0 spiro atoms. The van der Waals surface area contributed by atoms with Crippen LogP contribution in [0.15, 0.2) is 76.0 Å². The summed E-state index contributed by atoms with van der Waals surface area (Å²) in [5, 5.41) is 0. The van der Waals surface area contributed by atoms with Crippen molar-refractivity contribution in [3.05, 3.63) is 78.7 Å². The normalized spacial score (nSPS) is 17.1. The van der Waals surface area contributed by atoms with Gasteiger partial charge in [0.05, 0.1) is 24.8 Å². The van der Waals surface area contributed by atoms with Crippen molar-refractivity contribution >= 4 is 0 Å². The molecule has 3 aromatic heterocycles. The number of hydrogen-bond donors (Lipinski definition) is 0. The molecule has 142 valence electrons. The average Bonchev–Trinajstić information content (AvgIpc) is 3.50. The third-order valence-electron chi connectivity index (χ3n) is 5.15. The zero-order valence-electron chi connectivity index (χ0n) is 15.6. The Bertz CT molecular complexity index is 1030. The number of hydrogen-bond acceptors (Lipinski definition) is 4. The quantitative estimate of drug-likeness (QED) is 0.450. The lowest BCUT2D eigenvalue weighted by molar-refractivity contribution is 0.00220. The van der Waals surface area contributed by atoms with Crippen molar-refractivity contribution < 1.29 is 13.6 Å². The molecule has 0 aliphatic carbocycles. The fourth-order valence-electron chi connectivity index (χ4n) is 3.76. The highest BCUT2D eigenvalue weighted by atomic mass is 16.5. The minimum Gasteiger partial charge on any atom is -0.467 e. The number of nitrogens with zero attached hydrogens (tertiary/aromatic N) is 2. The molecule has 1 aliphatic heterocycles. The predicted octanol–water partition coefficient (Wildman–Crippen LogP) is 5.69. The Morgan fingerprint density at radius 1 is 1.00 bits per heavy atom. The molecule has 5 heteroatoms. The van der Waals surface area contributed by atoms with Gasteiger partial charge in [-0.3, -0.25) is 0 Å². The highest BCUT2D eigenvalue weighted by Gasteiger charge is 2.23. The molecule has 4 heterocycles. The second-order valence-corrected chi connectivity index (χ2v) is 7.07. The number of rotatable bonds is 5. The Balaban J connectivity index is 1.56. The first-order valence-corrected chi connectivity index (χ1v) is 9.73. The van der Waals surface area contributed by atoms with Gasteiger partial charge in [-0.25, -0.2) is 4.98 Å². The Hall–Kier alpha value is -3.05. The highest BCUT2D eigenvalue weighted by molar-refractivity contribution is 5.76. The van der Waals surface area contributed by atoms with Crippen molar-refractivity contribution in [1.82, 2.24) is 9.55 Å². The lowest BCUT2D eigenvalue weighted by Crippen LogP contribution is -2.10. The van der Waals surface area contributed by atoms with E-state index in [4.69, 9.17) is 18.6 Å². The topological polar surface area (TPSA) is 53.3 Å². The minimum atomic E-state index is 0.0455. The van der Waals surface area contributed by atoms with Crippen LogP contribution in [0, 0.1) is 0 Å². The summed E-state index contributed by atoms with van der Waals surface area (Å²) >= 11 is 0. The smallest absolute Gasteiger partial charge is 0.153 e. The van der Waals surface area contributed by atoms with Gasteiger partial charge in [0.1, 0.15) is 23.3 Å². The summed E-state index contributed by atoms with van der Waals surface area (Å²) in [6, 6.07) is 18.1. The van der Waals surface area contributed by atoms with Gasteiger partial charge in [-0.15, -0.1) is 0 Å². The maximum absolute atomic E-state index is 6.27. The van der Waals surface area contributed by atoms with Crippen LogP contribution in [-0.4, -0.2) is 16.2 Å². The first-order valence-electron chi connectivity index (χ1n) is 9.73. The third-order valence-corrected chi connectivity index (χ3v) is 5.15. The van der Waals surface area contributed by atoms with Crippen molar-refractivity contribution in [2.24, 2.45) is 0 Å². The molecular weight excluding hydrogens is 352 g/mol. The van der Waals surface area contributed by atoms with Crippen molar-refractivity contribution in [1.29, 1.82) is 0 Å². The van der Waals surface area contributed by atoms with Crippen LogP contribution in [0.5, 0.6) is 0 Å². The van der Waals surface area contributed by atoms with E-state index in [1.54, 1.807) is 6.26 Å². The minimum absolute atomic E-state index is 0.0455. The maximum atomic E-state index is 6.27. The fraction of sp³-hybridized carbons (Fsp3) is 0.261. The predicted molar refractivity (Wildman–Crippen MR) is 106 cm³/mol. The Morgan fingerprint density at radius 3 is 2.71 bits per heavy atom. The van der Waals surface area contributed by atoms with Crippen LogP contribution < -0.4 is 0 Å². The van der Waals surface area contributed by atoms with E-state index in [9.17, 15) is 0 Å². The SMILES string of the molecule is c1ccc(-c2ncn(Cc3ccco3)c2-c2ccc(C3CCCCO3)o2)cc1. The van der Waals surface area contributed by atoms with Crippen LogP contribution in [0.25, 0.3) is 22.7 Å². The molecular formula is C23H22N2O3. The summed E-state index contributed by atoms with van der Waals surface area (Å²) in [5.41, 5.74) is 2.91. The fourth-order valence-corrected chi connectivity index (χ4v) is 3.76. The van der Waals surface area contributed by atoms with Crippen LogP contribution in [0.1, 0.15) is 36.9 Å². The lowest BCUT2D eigenvalue weighted by atomic mass is 10.1. The van der Waals surface area contributed by atoms with E-state index >= 15 is 0 Å². The van der Waals surface area contributed by atoms with Gasteiger partial charge < -0.3 is 18.1 Å². The molecule has 1 aliphatic rings. The molecule has 0 N–H and O–H groups in total. The van der Waals surface area contributed by atoms with Crippen molar-refractivity contribution in [3.8, 4) is 22.7 Å². The zero-order chi connectivity index (χ0) is 18.8. The zero-order valence-corrected chi connectivity index (χ0v) is 15.6. The molecule has 1 unspecified atom stereocenters. The average molecular weight is 374 g/mol. The Kier molecular flexibility index (Phi) is 4.59. The second-order valence-electron chi connectivity index (χ2n) is 7.07. The van der Waals surface area contributed by atoms with Gasteiger partial charge in [-0.05, 0) is 43.5 Å². The van der Waals surface area contributed by atoms with Crippen LogP contribution >= 0.6 is 0 Å². The summed E-state index contributed by atoms with van der Waals surface area (Å²) in [6.07, 6.45) is 6.88. The van der Waals surface area contributed by atoms with E-state index < -0.39 is 0 Å². The molecule has 4 aromatic rings. The summed E-state index contributed by atoms with van der Waals surface area (Å²) in [7, 11) is 0. The summed E-state index contributed by atoms with van der Waals surface area (Å²) < 4.78 is 19.8. The molecule has 5 rings (SSSR count). The third kappa shape index (κ3) is 3.29. The largest absolute Gasteiger partial charge is 0.467 e. The Labute approximate surface area is 163 Å². The van der Waals surface area contributed by atoms with Gasteiger partial charge in [-0.1, -0.05) is 30.3 Å². The number of furan rings is 2. The number of imidazole rings is 1.